The summed E-state index contributed by atoms with van der Waals surface area (Å²) in [6.45, 7) is 10.8. The van der Waals surface area contributed by atoms with Gasteiger partial charge in [0.2, 0.25) is 5.78 Å². The van der Waals surface area contributed by atoms with Crippen LogP contribution in [0.25, 0.3) is 16.9 Å². The molecule has 7 heteroatoms. The number of allylic oxidation sites excluding steroid dienone is 1. The highest BCUT2D eigenvalue weighted by Crippen LogP contribution is 2.21. The molecule has 7 nitrogen and oxygen atoms in total. The zero-order valence-corrected chi connectivity index (χ0v) is 14.7. The molecule has 0 saturated carbocycles. The molecule has 0 radical (unpaired) electrons. The van der Waals surface area contributed by atoms with Gasteiger partial charge in [0.05, 0.1) is 0 Å². The van der Waals surface area contributed by atoms with Gasteiger partial charge in [-0.1, -0.05) is 19.4 Å². The molecule has 3 rings (SSSR count). The lowest BCUT2D eigenvalue weighted by Gasteiger charge is -2.06. The first-order chi connectivity index (χ1) is 11.4. The maximum absolute atomic E-state index is 12.9. The minimum atomic E-state index is -0.373. The summed E-state index contributed by atoms with van der Waals surface area (Å²) in [5.74, 6) is 0.719. The van der Waals surface area contributed by atoms with Crippen LogP contribution < -0.4 is 11.2 Å². The van der Waals surface area contributed by atoms with Gasteiger partial charge in [-0.2, -0.15) is 4.98 Å². The van der Waals surface area contributed by atoms with E-state index in [4.69, 9.17) is 0 Å². The van der Waals surface area contributed by atoms with Gasteiger partial charge in [-0.15, -0.1) is 6.58 Å². The largest absolute Gasteiger partial charge is 0.332 e. The Kier molecular flexibility index (Phi) is 3.95. The van der Waals surface area contributed by atoms with E-state index in [2.05, 4.69) is 23.1 Å². The molecule has 0 amide bonds. The average Bonchev–Trinajstić information content (AvgIpc) is 3.05. The van der Waals surface area contributed by atoms with E-state index in [0.29, 0.717) is 11.2 Å². The number of rotatable bonds is 5. The van der Waals surface area contributed by atoms with Crippen LogP contribution in [0.15, 0.2) is 22.2 Å². The van der Waals surface area contributed by atoms with Crippen LogP contribution in [-0.2, 0) is 20.1 Å². The highest BCUT2D eigenvalue weighted by molar-refractivity contribution is 5.76. The number of nitrogens with zero attached hydrogens (tertiary/aromatic N) is 5. The summed E-state index contributed by atoms with van der Waals surface area (Å²) in [5.41, 5.74) is 2.25. The Morgan fingerprint density at radius 3 is 2.50 bits per heavy atom. The first kappa shape index (κ1) is 16.3. The smallest absolute Gasteiger partial charge is 0.314 e. The Morgan fingerprint density at radius 2 is 1.88 bits per heavy atom. The molecule has 24 heavy (non-hydrogen) atoms. The standard InChI is InChI=1S/C17H23N5O2/c1-6-8-10-20-11(3)12(4)22-13-14(18-16(20)22)19(5)17(24)21(9-7-2)15(13)23/h7H,2,6,8-10H2,1,3-5H3. The van der Waals surface area contributed by atoms with Gasteiger partial charge in [-0.05, 0) is 20.3 Å². The lowest BCUT2D eigenvalue weighted by atomic mass is 10.3. The molecular weight excluding hydrogens is 306 g/mol. The Labute approximate surface area is 139 Å². The number of fused-ring (bicyclic) bond motifs is 3. The van der Waals surface area contributed by atoms with Gasteiger partial charge in [-0.25, -0.2) is 4.79 Å². The van der Waals surface area contributed by atoms with Gasteiger partial charge in [-0.3, -0.25) is 18.3 Å². The molecule has 0 aliphatic rings. The SMILES string of the molecule is C=CCn1c(=O)c2c(nc3n(CCCC)c(C)c(C)n23)n(C)c1=O. The molecule has 0 aliphatic carbocycles. The molecule has 3 heterocycles. The third kappa shape index (κ3) is 2.07. The molecule has 0 spiro atoms. The first-order valence-corrected chi connectivity index (χ1v) is 8.22. The number of aromatic nitrogens is 5. The van der Waals surface area contributed by atoms with Crippen molar-refractivity contribution in [1.82, 2.24) is 23.1 Å². The van der Waals surface area contributed by atoms with Crippen LogP contribution in [0, 0.1) is 13.8 Å². The molecule has 128 valence electrons. The molecular formula is C17H23N5O2. The fourth-order valence-electron chi connectivity index (χ4n) is 3.19. The molecule has 0 aliphatic heterocycles. The number of hydrogen-bond donors (Lipinski definition) is 0. The van der Waals surface area contributed by atoms with E-state index in [1.807, 2.05) is 18.2 Å². The van der Waals surface area contributed by atoms with Crippen molar-refractivity contribution in [3.05, 3.63) is 44.9 Å². The summed E-state index contributed by atoms with van der Waals surface area (Å²) in [5, 5.41) is 0. The lowest BCUT2D eigenvalue weighted by molar-refractivity contribution is 0.631. The van der Waals surface area contributed by atoms with Crippen LogP contribution in [0.3, 0.4) is 0 Å². The molecule has 3 aromatic rings. The number of aryl methyl sites for hydroxylation is 3. The monoisotopic (exact) mass is 329 g/mol. The van der Waals surface area contributed by atoms with Gasteiger partial charge >= 0.3 is 5.69 Å². The molecule has 0 fully saturated rings. The molecule has 0 N–H and O–H groups in total. The predicted octanol–water partition coefficient (Wildman–Crippen LogP) is 1.75. The Bertz CT molecular complexity index is 1060. The third-order valence-corrected chi connectivity index (χ3v) is 4.68. The quantitative estimate of drug-likeness (QED) is 0.670. The minimum absolute atomic E-state index is 0.184. The van der Waals surface area contributed by atoms with E-state index in [1.165, 1.54) is 9.13 Å². The molecule has 3 aromatic heterocycles. The van der Waals surface area contributed by atoms with E-state index in [1.54, 1.807) is 13.1 Å². The van der Waals surface area contributed by atoms with E-state index >= 15 is 0 Å². The number of imidazole rings is 2. The maximum atomic E-state index is 12.9. The summed E-state index contributed by atoms with van der Waals surface area (Å²) < 4.78 is 6.63. The predicted molar refractivity (Wildman–Crippen MR) is 94.8 cm³/mol. The van der Waals surface area contributed by atoms with Gasteiger partial charge in [0.1, 0.15) is 0 Å². The summed E-state index contributed by atoms with van der Waals surface area (Å²) in [6, 6.07) is 0. The van der Waals surface area contributed by atoms with Gasteiger partial charge < -0.3 is 4.57 Å². The summed E-state index contributed by atoms with van der Waals surface area (Å²) in [7, 11) is 1.65. The van der Waals surface area contributed by atoms with Crippen molar-refractivity contribution in [3.63, 3.8) is 0 Å². The Hall–Kier alpha value is -2.57. The zero-order valence-electron chi connectivity index (χ0n) is 14.7. The van der Waals surface area contributed by atoms with Crippen molar-refractivity contribution in [1.29, 1.82) is 0 Å². The molecule has 0 atom stereocenters. The fourth-order valence-corrected chi connectivity index (χ4v) is 3.19. The normalized spacial score (nSPS) is 11.7. The van der Waals surface area contributed by atoms with E-state index in [0.717, 1.165) is 36.6 Å². The first-order valence-electron chi connectivity index (χ1n) is 8.22. The van der Waals surface area contributed by atoms with Crippen LogP contribution in [0.4, 0.5) is 0 Å². The average molecular weight is 329 g/mol. The molecule has 0 bridgehead atoms. The van der Waals surface area contributed by atoms with E-state index in [-0.39, 0.29) is 17.8 Å². The van der Waals surface area contributed by atoms with Gasteiger partial charge in [0.15, 0.2) is 11.2 Å². The Balaban J connectivity index is 2.49. The molecule has 0 aromatic carbocycles. The van der Waals surface area contributed by atoms with E-state index < -0.39 is 0 Å². The second-order valence-electron chi connectivity index (χ2n) is 6.14. The highest BCUT2D eigenvalue weighted by Gasteiger charge is 2.21. The fraction of sp³-hybridized carbons (Fsp3) is 0.471. The van der Waals surface area contributed by atoms with Gasteiger partial charge in [0.25, 0.3) is 5.56 Å². The highest BCUT2D eigenvalue weighted by atomic mass is 16.2. The zero-order chi connectivity index (χ0) is 17.6. The van der Waals surface area contributed by atoms with Crippen molar-refractivity contribution >= 4 is 16.9 Å². The summed E-state index contributed by atoms with van der Waals surface area (Å²) in [4.78, 5) is 29.9. The minimum Gasteiger partial charge on any atom is -0.314 e. The topological polar surface area (TPSA) is 66.2 Å². The maximum Gasteiger partial charge on any atom is 0.332 e. The van der Waals surface area contributed by atoms with Gasteiger partial charge in [0, 0.05) is 31.5 Å². The second-order valence-corrected chi connectivity index (χ2v) is 6.14. The number of hydrogen-bond acceptors (Lipinski definition) is 3. The van der Waals surface area contributed by atoms with Crippen molar-refractivity contribution in [2.24, 2.45) is 7.05 Å². The van der Waals surface area contributed by atoms with Crippen molar-refractivity contribution in [2.75, 3.05) is 0 Å². The van der Waals surface area contributed by atoms with Crippen LogP contribution in [0.5, 0.6) is 0 Å². The molecule has 0 unspecified atom stereocenters. The summed E-state index contributed by atoms with van der Waals surface area (Å²) in [6.07, 6.45) is 3.67. The molecule has 0 saturated heterocycles. The van der Waals surface area contributed by atoms with Crippen LogP contribution in [0.1, 0.15) is 31.2 Å². The van der Waals surface area contributed by atoms with E-state index in [9.17, 15) is 9.59 Å². The lowest BCUT2D eigenvalue weighted by Crippen LogP contribution is -2.39. The Morgan fingerprint density at radius 1 is 1.17 bits per heavy atom. The van der Waals surface area contributed by atoms with Crippen molar-refractivity contribution in [3.8, 4) is 0 Å². The summed E-state index contributed by atoms with van der Waals surface area (Å²) >= 11 is 0. The van der Waals surface area contributed by atoms with Crippen LogP contribution in [-0.4, -0.2) is 23.1 Å². The van der Waals surface area contributed by atoms with Crippen molar-refractivity contribution in [2.45, 2.75) is 46.7 Å². The van der Waals surface area contributed by atoms with Crippen molar-refractivity contribution < 1.29 is 0 Å². The number of unbranched alkanes of at least 4 members (excludes halogenated alkanes) is 1. The second kappa shape index (κ2) is 5.81. The third-order valence-electron chi connectivity index (χ3n) is 4.68. The van der Waals surface area contributed by atoms with Crippen LogP contribution >= 0.6 is 0 Å². The van der Waals surface area contributed by atoms with Crippen LogP contribution in [0.2, 0.25) is 0 Å².